The highest BCUT2D eigenvalue weighted by molar-refractivity contribution is 8.27. The normalized spacial score (nSPS) is 16.3. The minimum absolute atomic E-state index is 0.0290. The van der Waals surface area contributed by atoms with Crippen molar-refractivity contribution in [3.8, 4) is 0 Å². The van der Waals surface area contributed by atoms with Crippen molar-refractivity contribution in [1.29, 1.82) is 0 Å². The molecule has 0 saturated carbocycles. The summed E-state index contributed by atoms with van der Waals surface area (Å²) in [6.07, 6.45) is 1.82. The summed E-state index contributed by atoms with van der Waals surface area (Å²) in [5.41, 5.74) is 2.70. The number of nitro benzene ring substituents is 1. The summed E-state index contributed by atoms with van der Waals surface area (Å²) in [5.74, 6) is -0.223. The van der Waals surface area contributed by atoms with Gasteiger partial charge in [0.05, 0.1) is 15.5 Å². The second kappa shape index (κ2) is 7.25. The zero-order valence-corrected chi connectivity index (χ0v) is 16.8. The highest BCUT2D eigenvalue weighted by Crippen LogP contribution is 2.36. The van der Waals surface area contributed by atoms with Gasteiger partial charge in [-0.3, -0.25) is 19.8 Å². The number of hydrogen-bond acceptors (Lipinski definition) is 5. The van der Waals surface area contributed by atoms with Crippen LogP contribution in [0.2, 0.25) is 0 Å². The number of rotatable bonds is 3. The largest absolute Gasteiger partial charge is 0.270 e. The van der Waals surface area contributed by atoms with Crippen molar-refractivity contribution < 1.29 is 9.72 Å². The predicted molar refractivity (Wildman–Crippen MR) is 114 cm³/mol. The molecule has 5 nitrogen and oxygen atoms in total. The Labute approximate surface area is 167 Å². The van der Waals surface area contributed by atoms with Gasteiger partial charge in [-0.2, -0.15) is 0 Å². The van der Waals surface area contributed by atoms with E-state index in [1.807, 2.05) is 18.2 Å². The average molecular weight is 399 g/mol. The second-order valence-corrected chi connectivity index (χ2v) is 8.84. The number of thiocarbonyl (C=S) groups is 1. The number of hydrogen-bond donors (Lipinski definition) is 0. The summed E-state index contributed by atoms with van der Waals surface area (Å²) in [6, 6.07) is 13.9. The number of amides is 1. The Balaban J connectivity index is 1.85. The molecule has 1 saturated heterocycles. The lowest BCUT2D eigenvalue weighted by atomic mass is 9.87. The third kappa shape index (κ3) is 4.09. The molecule has 1 fully saturated rings. The molecule has 2 aromatic carbocycles. The minimum Gasteiger partial charge on any atom is -0.268 e. The fourth-order valence-electron chi connectivity index (χ4n) is 2.64. The first-order chi connectivity index (χ1) is 12.7. The average Bonchev–Trinajstić information content (AvgIpc) is 2.88. The van der Waals surface area contributed by atoms with Gasteiger partial charge in [0.25, 0.3) is 11.6 Å². The number of carbonyl (C=O) groups is 1. The van der Waals surface area contributed by atoms with Gasteiger partial charge in [-0.25, -0.2) is 0 Å². The quantitative estimate of drug-likeness (QED) is 0.304. The maximum Gasteiger partial charge on any atom is 0.270 e. The van der Waals surface area contributed by atoms with Gasteiger partial charge in [0.1, 0.15) is 0 Å². The van der Waals surface area contributed by atoms with E-state index in [0.717, 1.165) is 5.56 Å². The van der Waals surface area contributed by atoms with E-state index in [1.165, 1.54) is 46.5 Å². The minimum atomic E-state index is -0.477. The summed E-state index contributed by atoms with van der Waals surface area (Å²) < 4.78 is 0.409. The van der Waals surface area contributed by atoms with Crippen LogP contribution >= 0.6 is 24.0 Å². The monoisotopic (exact) mass is 398 g/mol. The van der Waals surface area contributed by atoms with Crippen LogP contribution in [-0.2, 0) is 10.2 Å². The first-order valence-electron chi connectivity index (χ1n) is 8.30. The number of carbonyl (C=O) groups excluding carboxylic acids is 1. The van der Waals surface area contributed by atoms with Crippen molar-refractivity contribution in [3.63, 3.8) is 0 Å². The Morgan fingerprint density at radius 1 is 1.07 bits per heavy atom. The van der Waals surface area contributed by atoms with Gasteiger partial charge >= 0.3 is 0 Å². The van der Waals surface area contributed by atoms with E-state index >= 15 is 0 Å². The Hall–Kier alpha value is -2.51. The van der Waals surface area contributed by atoms with Crippen LogP contribution in [0.1, 0.15) is 31.9 Å². The smallest absolute Gasteiger partial charge is 0.268 e. The van der Waals surface area contributed by atoms with Gasteiger partial charge in [-0.05, 0) is 34.8 Å². The van der Waals surface area contributed by atoms with E-state index in [9.17, 15) is 14.9 Å². The van der Waals surface area contributed by atoms with E-state index in [2.05, 4.69) is 32.9 Å². The fourth-order valence-corrected chi connectivity index (χ4v) is 3.94. The maximum atomic E-state index is 12.8. The molecular formula is C20H18N2O3S2. The van der Waals surface area contributed by atoms with Crippen LogP contribution in [-0.4, -0.2) is 15.2 Å². The Morgan fingerprint density at radius 3 is 2.19 bits per heavy atom. The number of anilines is 1. The predicted octanol–water partition coefficient (Wildman–Crippen LogP) is 5.30. The molecule has 0 unspecified atom stereocenters. The first-order valence-corrected chi connectivity index (χ1v) is 9.52. The van der Waals surface area contributed by atoms with Crippen molar-refractivity contribution in [2.75, 3.05) is 4.90 Å². The van der Waals surface area contributed by atoms with Crippen LogP contribution in [0.5, 0.6) is 0 Å². The van der Waals surface area contributed by atoms with Crippen LogP contribution in [0.25, 0.3) is 6.08 Å². The molecule has 1 amide bonds. The lowest BCUT2D eigenvalue weighted by Gasteiger charge is -2.18. The van der Waals surface area contributed by atoms with Gasteiger partial charge in [0.15, 0.2) is 4.32 Å². The highest BCUT2D eigenvalue weighted by Gasteiger charge is 2.33. The second-order valence-electron chi connectivity index (χ2n) is 7.16. The lowest BCUT2D eigenvalue weighted by Crippen LogP contribution is -2.27. The molecule has 0 N–H and O–H groups in total. The van der Waals surface area contributed by atoms with Crippen molar-refractivity contribution in [2.24, 2.45) is 0 Å². The maximum absolute atomic E-state index is 12.8. The first kappa shape index (κ1) is 19.3. The van der Waals surface area contributed by atoms with Crippen LogP contribution in [0.15, 0.2) is 53.4 Å². The molecule has 0 radical (unpaired) electrons. The molecule has 1 aliphatic heterocycles. The van der Waals surface area contributed by atoms with E-state index in [-0.39, 0.29) is 17.0 Å². The molecule has 1 aliphatic rings. The molecule has 3 rings (SSSR count). The molecule has 0 atom stereocenters. The Bertz CT molecular complexity index is 943. The lowest BCUT2D eigenvalue weighted by molar-refractivity contribution is -0.384. The van der Waals surface area contributed by atoms with Gasteiger partial charge in [-0.1, -0.05) is 69.0 Å². The molecule has 0 aliphatic carbocycles. The molecular weight excluding hydrogens is 380 g/mol. The molecule has 1 heterocycles. The number of benzene rings is 2. The standard InChI is InChI=1S/C20H18N2O3S2/c1-20(2,3)14-6-4-13(5-7-14)12-17-18(23)21(19(26)27-17)15-8-10-16(11-9-15)22(24)25/h4-12H,1-3H3. The number of nitro groups is 1. The Morgan fingerprint density at radius 2 is 1.67 bits per heavy atom. The van der Waals surface area contributed by atoms with Crippen LogP contribution in [0.4, 0.5) is 11.4 Å². The Kier molecular flexibility index (Phi) is 5.17. The molecule has 27 heavy (non-hydrogen) atoms. The third-order valence-corrected chi connectivity index (χ3v) is 5.49. The molecule has 0 aromatic heterocycles. The van der Waals surface area contributed by atoms with Gasteiger partial charge in [0.2, 0.25) is 0 Å². The van der Waals surface area contributed by atoms with Crippen molar-refractivity contribution in [2.45, 2.75) is 26.2 Å². The van der Waals surface area contributed by atoms with Crippen LogP contribution in [0.3, 0.4) is 0 Å². The van der Waals surface area contributed by atoms with Gasteiger partial charge < -0.3 is 0 Å². The van der Waals surface area contributed by atoms with Crippen molar-refractivity contribution in [1.82, 2.24) is 0 Å². The van der Waals surface area contributed by atoms with Gasteiger partial charge in [0, 0.05) is 12.1 Å². The zero-order valence-electron chi connectivity index (χ0n) is 15.1. The van der Waals surface area contributed by atoms with Crippen LogP contribution < -0.4 is 4.90 Å². The van der Waals surface area contributed by atoms with E-state index in [0.29, 0.717) is 14.9 Å². The molecule has 2 aromatic rings. The molecule has 0 spiro atoms. The topological polar surface area (TPSA) is 63.4 Å². The number of thioether (sulfide) groups is 1. The summed E-state index contributed by atoms with van der Waals surface area (Å²) in [7, 11) is 0. The highest BCUT2D eigenvalue weighted by atomic mass is 32.2. The third-order valence-electron chi connectivity index (χ3n) is 4.19. The zero-order chi connectivity index (χ0) is 19.8. The summed E-state index contributed by atoms with van der Waals surface area (Å²) in [4.78, 5) is 25.0. The van der Waals surface area contributed by atoms with E-state index < -0.39 is 4.92 Å². The number of non-ortho nitro benzene ring substituents is 1. The fraction of sp³-hybridized carbons (Fsp3) is 0.200. The summed E-state index contributed by atoms with van der Waals surface area (Å²) in [6.45, 7) is 6.45. The SMILES string of the molecule is CC(C)(C)c1ccc(C=C2SC(=S)N(c3ccc([N+](=O)[O-])cc3)C2=O)cc1. The van der Waals surface area contributed by atoms with Crippen molar-refractivity contribution in [3.05, 3.63) is 74.7 Å². The molecule has 138 valence electrons. The van der Waals surface area contributed by atoms with Crippen LogP contribution in [0, 0.1) is 10.1 Å². The molecule has 7 heteroatoms. The van der Waals surface area contributed by atoms with E-state index in [1.54, 1.807) is 0 Å². The number of nitrogens with zero attached hydrogens (tertiary/aromatic N) is 2. The molecule has 0 bridgehead atoms. The van der Waals surface area contributed by atoms with Gasteiger partial charge in [-0.15, -0.1) is 0 Å². The van der Waals surface area contributed by atoms with Crippen molar-refractivity contribution >= 4 is 51.7 Å². The summed E-state index contributed by atoms with van der Waals surface area (Å²) in [5, 5.41) is 10.8. The summed E-state index contributed by atoms with van der Waals surface area (Å²) >= 11 is 6.57. The van der Waals surface area contributed by atoms with E-state index in [4.69, 9.17) is 12.2 Å².